The standard InChI is InChI=1S/C15H19N3O/c1-19-12-4-2-3-10(7-12)8-15-17-13-6-5-11(16)9-14(13)18-15/h2-4,7,11H,5-6,8-9,16H2,1H3,(H,17,18). The number of imidazole rings is 1. The van der Waals surface area contributed by atoms with Crippen molar-refractivity contribution in [3.05, 3.63) is 47.0 Å². The highest BCUT2D eigenvalue weighted by Crippen LogP contribution is 2.20. The highest BCUT2D eigenvalue weighted by molar-refractivity contribution is 5.31. The van der Waals surface area contributed by atoms with Crippen LogP contribution in [0.4, 0.5) is 0 Å². The Hall–Kier alpha value is -1.81. The molecule has 0 saturated carbocycles. The Bertz CT molecular complexity index is 577. The summed E-state index contributed by atoms with van der Waals surface area (Å²) in [6.07, 6.45) is 3.75. The maximum atomic E-state index is 5.98. The lowest BCUT2D eigenvalue weighted by Crippen LogP contribution is -2.27. The summed E-state index contributed by atoms with van der Waals surface area (Å²) in [5.41, 5.74) is 9.60. The van der Waals surface area contributed by atoms with Crippen molar-refractivity contribution in [2.45, 2.75) is 31.7 Å². The summed E-state index contributed by atoms with van der Waals surface area (Å²) >= 11 is 0. The summed E-state index contributed by atoms with van der Waals surface area (Å²) < 4.78 is 5.24. The van der Waals surface area contributed by atoms with E-state index < -0.39 is 0 Å². The first-order chi connectivity index (χ1) is 9.24. The van der Waals surface area contributed by atoms with Gasteiger partial charge in [0.2, 0.25) is 0 Å². The summed E-state index contributed by atoms with van der Waals surface area (Å²) in [6, 6.07) is 8.38. The SMILES string of the molecule is COc1cccc(Cc2nc3c([nH]2)CC(N)CC3)c1. The van der Waals surface area contributed by atoms with Crippen LogP contribution in [0.1, 0.15) is 29.2 Å². The highest BCUT2D eigenvalue weighted by Gasteiger charge is 2.19. The number of benzene rings is 1. The van der Waals surface area contributed by atoms with Gasteiger partial charge in [0.05, 0.1) is 12.8 Å². The van der Waals surface area contributed by atoms with E-state index >= 15 is 0 Å². The van der Waals surface area contributed by atoms with Gasteiger partial charge in [0, 0.05) is 24.6 Å². The van der Waals surface area contributed by atoms with Crippen molar-refractivity contribution in [3.8, 4) is 5.75 Å². The fourth-order valence-corrected chi connectivity index (χ4v) is 2.63. The van der Waals surface area contributed by atoms with Crippen LogP contribution >= 0.6 is 0 Å². The lowest BCUT2D eigenvalue weighted by atomic mass is 9.97. The van der Waals surface area contributed by atoms with E-state index in [1.54, 1.807) is 7.11 Å². The molecule has 0 bridgehead atoms. The number of hydrogen-bond acceptors (Lipinski definition) is 3. The van der Waals surface area contributed by atoms with Crippen molar-refractivity contribution in [1.29, 1.82) is 0 Å². The predicted molar refractivity (Wildman–Crippen MR) is 74.4 cm³/mol. The number of aryl methyl sites for hydroxylation is 1. The Morgan fingerprint density at radius 1 is 1.47 bits per heavy atom. The zero-order valence-corrected chi connectivity index (χ0v) is 11.1. The first-order valence-corrected chi connectivity index (χ1v) is 6.69. The molecule has 19 heavy (non-hydrogen) atoms. The van der Waals surface area contributed by atoms with Crippen molar-refractivity contribution >= 4 is 0 Å². The molecule has 0 fully saturated rings. The van der Waals surface area contributed by atoms with Gasteiger partial charge >= 0.3 is 0 Å². The number of aromatic nitrogens is 2. The third kappa shape index (κ3) is 2.63. The van der Waals surface area contributed by atoms with E-state index in [4.69, 9.17) is 10.5 Å². The van der Waals surface area contributed by atoms with Gasteiger partial charge in [-0.3, -0.25) is 0 Å². The number of rotatable bonds is 3. The molecule has 3 rings (SSSR count). The Balaban J connectivity index is 1.80. The summed E-state index contributed by atoms with van der Waals surface area (Å²) in [5, 5.41) is 0. The average molecular weight is 257 g/mol. The number of fused-ring (bicyclic) bond motifs is 1. The van der Waals surface area contributed by atoms with Gasteiger partial charge in [-0.05, 0) is 30.5 Å². The van der Waals surface area contributed by atoms with Gasteiger partial charge < -0.3 is 15.5 Å². The molecule has 0 amide bonds. The minimum absolute atomic E-state index is 0.276. The van der Waals surface area contributed by atoms with E-state index in [1.165, 1.54) is 17.0 Å². The fraction of sp³-hybridized carbons (Fsp3) is 0.400. The second kappa shape index (κ2) is 5.05. The summed E-state index contributed by atoms with van der Waals surface area (Å²) in [6.45, 7) is 0. The van der Waals surface area contributed by atoms with E-state index in [1.807, 2.05) is 18.2 Å². The quantitative estimate of drug-likeness (QED) is 0.881. The van der Waals surface area contributed by atoms with Crippen LogP contribution in [0.5, 0.6) is 5.75 Å². The van der Waals surface area contributed by atoms with Crippen LogP contribution in [0, 0.1) is 0 Å². The molecule has 4 heteroatoms. The molecule has 0 aliphatic heterocycles. The number of nitrogens with two attached hydrogens (primary N) is 1. The summed E-state index contributed by atoms with van der Waals surface area (Å²) in [4.78, 5) is 8.10. The Kier molecular flexibility index (Phi) is 3.25. The normalized spacial score (nSPS) is 18.1. The molecule has 0 radical (unpaired) electrons. The molecule has 1 aliphatic rings. The number of H-pyrrole nitrogens is 1. The van der Waals surface area contributed by atoms with Gasteiger partial charge in [-0.1, -0.05) is 12.1 Å². The van der Waals surface area contributed by atoms with Crippen LogP contribution in [0.15, 0.2) is 24.3 Å². The van der Waals surface area contributed by atoms with Crippen LogP contribution in [-0.4, -0.2) is 23.1 Å². The van der Waals surface area contributed by atoms with Gasteiger partial charge in [0.15, 0.2) is 0 Å². The third-order valence-electron chi connectivity index (χ3n) is 3.64. The van der Waals surface area contributed by atoms with Crippen LogP contribution in [0.25, 0.3) is 0 Å². The van der Waals surface area contributed by atoms with Crippen LogP contribution < -0.4 is 10.5 Å². The molecule has 1 aliphatic carbocycles. The first kappa shape index (κ1) is 12.2. The molecular formula is C15H19N3O. The van der Waals surface area contributed by atoms with Crippen molar-refractivity contribution in [1.82, 2.24) is 9.97 Å². The Morgan fingerprint density at radius 2 is 2.37 bits per heavy atom. The van der Waals surface area contributed by atoms with Crippen LogP contribution in [-0.2, 0) is 19.3 Å². The van der Waals surface area contributed by atoms with Crippen molar-refractivity contribution in [2.24, 2.45) is 5.73 Å². The molecule has 100 valence electrons. The van der Waals surface area contributed by atoms with Gasteiger partial charge in [0.25, 0.3) is 0 Å². The smallest absolute Gasteiger partial charge is 0.119 e. The number of methoxy groups -OCH3 is 1. The summed E-state index contributed by atoms with van der Waals surface area (Å²) in [7, 11) is 1.69. The summed E-state index contributed by atoms with van der Waals surface area (Å²) in [5.74, 6) is 1.91. The van der Waals surface area contributed by atoms with E-state index in [0.717, 1.165) is 37.3 Å². The lowest BCUT2D eigenvalue weighted by molar-refractivity contribution is 0.414. The molecule has 1 aromatic carbocycles. The molecular weight excluding hydrogens is 238 g/mol. The van der Waals surface area contributed by atoms with Gasteiger partial charge in [-0.2, -0.15) is 0 Å². The highest BCUT2D eigenvalue weighted by atomic mass is 16.5. The van der Waals surface area contributed by atoms with Gasteiger partial charge in [-0.25, -0.2) is 4.98 Å². The molecule has 0 spiro atoms. The fourth-order valence-electron chi connectivity index (χ4n) is 2.63. The Morgan fingerprint density at radius 3 is 3.21 bits per heavy atom. The van der Waals surface area contributed by atoms with Crippen LogP contribution in [0.2, 0.25) is 0 Å². The van der Waals surface area contributed by atoms with E-state index in [0.29, 0.717) is 0 Å². The largest absolute Gasteiger partial charge is 0.497 e. The molecule has 1 aromatic heterocycles. The van der Waals surface area contributed by atoms with Gasteiger partial charge in [0.1, 0.15) is 11.6 Å². The average Bonchev–Trinajstić information content (AvgIpc) is 2.80. The number of aromatic amines is 1. The molecule has 1 atom stereocenters. The molecule has 1 unspecified atom stereocenters. The zero-order valence-electron chi connectivity index (χ0n) is 11.1. The topological polar surface area (TPSA) is 63.9 Å². The number of nitrogens with one attached hydrogen (secondary N) is 1. The number of hydrogen-bond donors (Lipinski definition) is 2. The monoisotopic (exact) mass is 257 g/mol. The van der Waals surface area contributed by atoms with Crippen molar-refractivity contribution in [2.75, 3.05) is 7.11 Å². The van der Waals surface area contributed by atoms with E-state index in [9.17, 15) is 0 Å². The first-order valence-electron chi connectivity index (χ1n) is 6.69. The minimum atomic E-state index is 0.276. The van der Waals surface area contributed by atoms with Crippen LogP contribution in [0.3, 0.4) is 0 Å². The second-order valence-electron chi connectivity index (χ2n) is 5.14. The molecule has 1 heterocycles. The Labute approximate surface area is 113 Å². The zero-order chi connectivity index (χ0) is 13.2. The maximum absolute atomic E-state index is 5.98. The lowest BCUT2D eigenvalue weighted by Gasteiger charge is -2.15. The predicted octanol–water partition coefficient (Wildman–Crippen LogP) is 1.83. The van der Waals surface area contributed by atoms with E-state index in [2.05, 4.69) is 16.0 Å². The maximum Gasteiger partial charge on any atom is 0.119 e. The minimum Gasteiger partial charge on any atom is -0.497 e. The third-order valence-corrected chi connectivity index (χ3v) is 3.64. The molecule has 0 saturated heterocycles. The van der Waals surface area contributed by atoms with Crippen molar-refractivity contribution in [3.63, 3.8) is 0 Å². The van der Waals surface area contributed by atoms with Gasteiger partial charge in [-0.15, -0.1) is 0 Å². The van der Waals surface area contributed by atoms with E-state index in [-0.39, 0.29) is 6.04 Å². The molecule has 3 N–H and O–H groups in total. The number of nitrogens with zero attached hydrogens (tertiary/aromatic N) is 1. The van der Waals surface area contributed by atoms with Crippen molar-refractivity contribution < 1.29 is 4.74 Å². The second-order valence-corrected chi connectivity index (χ2v) is 5.14. The molecule has 2 aromatic rings. The molecule has 4 nitrogen and oxygen atoms in total. The number of ether oxygens (including phenoxy) is 1.